The molecule has 0 bridgehead atoms. The van der Waals surface area contributed by atoms with Gasteiger partial charge >= 0.3 is 0 Å². The van der Waals surface area contributed by atoms with Crippen molar-refractivity contribution >= 4 is 5.69 Å². The normalized spacial score (nSPS) is 18.0. The van der Waals surface area contributed by atoms with Crippen LogP contribution in [0.4, 0.5) is 5.69 Å². The van der Waals surface area contributed by atoms with E-state index in [0.717, 1.165) is 31.7 Å². The van der Waals surface area contributed by atoms with Gasteiger partial charge in [0.05, 0.1) is 5.69 Å². The Morgan fingerprint density at radius 1 is 1.21 bits per heavy atom. The zero-order valence-corrected chi connectivity index (χ0v) is 8.07. The highest BCUT2D eigenvalue weighted by molar-refractivity contribution is 5.55. The fraction of sp³-hybridized carbons (Fsp3) is 0.455. The lowest BCUT2D eigenvalue weighted by Gasteiger charge is -2.24. The third-order valence-corrected chi connectivity index (χ3v) is 2.48. The number of rotatable bonds is 2. The van der Waals surface area contributed by atoms with Gasteiger partial charge in [0.2, 0.25) is 0 Å². The summed E-state index contributed by atoms with van der Waals surface area (Å²) in [6.45, 7) is 1.62. The van der Waals surface area contributed by atoms with Gasteiger partial charge in [0.15, 0.2) is 0 Å². The second kappa shape index (κ2) is 4.33. The predicted molar refractivity (Wildman–Crippen MR) is 55.6 cm³/mol. The number of anilines is 1. The zero-order chi connectivity index (χ0) is 9.80. The van der Waals surface area contributed by atoms with E-state index in [0.29, 0.717) is 11.8 Å². The van der Waals surface area contributed by atoms with Crippen molar-refractivity contribution in [2.24, 2.45) is 0 Å². The summed E-state index contributed by atoms with van der Waals surface area (Å²) >= 11 is 0. The molecule has 0 saturated carbocycles. The summed E-state index contributed by atoms with van der Waals surface area (Å²) in [6.07, 6.45) is 2.02. The first-order chi connectivity index (χ1) is 6.86. The topological polar surface area (TPSA) is 41.5 Å². The zero-order valence-electron chi connectivity index (χ0n) is 8.07. The summed E-state index contributed by atoms with van der Waals surface area (Å²) in [6, 6.07) is 7.76. The van der Waals surface area contributed by atoms with Crippen LogP contribution in [0.15, 0.2) is 24.3 Å². The highest BCUT2D eigenvalue weighted by Crippen LogP contribution is 2.24. The molecule has 1 aliphatic rings. The second-order valence-electron chi connectivity index (χ2n) is 3.55. The lowest BCUT2D eigenvalue weighted by Crippen LogP contribution is -2.27. The maximum Gasteiger partial charge on any atom is 0.138 e. The molecule has 1 aromatic rings. The fourth-order valence-electron chi connectivity index (χ4n) is 1.66. The minimum absolute atomic E-state index is 0.319. The SMILES string of the molecule is Oc1ccccc1NC1CCOCC1. The van der Waals surface area contributed by atoms with Gasteiger partial charge in [-0.1, -0.05) is 12.1 Å². The van der Waals surface area contributed by atoms with Crippen LogP contribution < -0.4 is 5.32 Å². The van der Waals surface area contributed by atoms with Crippen molar-refractivity contribution < 1.29 is 9.84 Å². The number of nitrogens with one attached hydrogen (secondary N) is 1. The molecular formula is C11H15NO2. The molecule has 0 amide bonds. The lowest BCUT2D eigenvalue weighted by atomic mass is 10.1. The van der Waals surface area contributed by atoms with Crippen molar-refractivity contribution in [2.45, 2.75) is 18.9 Å². The number of phenolic OH excluding ortho intramolecular Hbond substituents is 1. The molecule has 2 rings (SSSR count). The van der Waals surface area contributed by atoms with Crippen molar-refractivity contribution in [3.05, 3.63) is 24.3 Å². The quantitative estimate of drug-likeness (QED) is 0.706. The van der Waals surface area contributed by atoms with Gasteiger partial charge in [-0.2, -0.15) is 0 Å². The van der Waals surface area contributed by atoms with Crippen molar-refractivity contribution in [1.29, 1.82) is 0 Å². The third kappa shape index (κ3) is 2.17. The molecule has 76 valence electrons. The van der Waals surface area contributed by atoms with E-state index in [1.807, 2.05) is 18.2 Å². The van der Waals surface area contributed by atoms with Gasteiger partial charge < -0.3 is 15.2 Å². The Morgan fingerprint density at radius 2 is 1.93 bits per heavy atom. The average Bonchev–Trinajstić information content (AvgIpc) is 2.23. The van der Waals surface area contributed by atoms with Gasteiger partial charge in [0, 0.05) is 19.3 Å². The van der Waals surface area contributed by atoms with E-state index < -0.39 is 0 Å². The molecule has 0 radical (unpaired) electrons. The number of para-hydroxylation sites is 2. The Labute approximate surface area is 83.7 Å². The monoisotopic (exact) mass is 193 g/mol. The summed E-state index contributed by atoms with van der Waals surface area (Å²) < 4.78 is 5.27. The van der Waals surface area contributed by atoms with Gasteiger partial charge in [0.1, 0.15) is 5.75 Å². The second-order valence-corrected chi connectivity index (χ2v) is 3.55. The molecule has 1 saturated heterocycles. The Balaban J connectivity index is 1.99. The first kappa shape index (κ1) is 9.34. The van der Waals surface area contributed by atoms with Crippen molar-refractivity contribution in [2.75, 3.05) is 18.5 Å². The van der Waals surface area contributed by atoms with Crippen LogP contribution in [0.5, 0.6) is 5.75 Å². The van der Waals surface area contributed by atoms with Crippen LogP contribution in [0.2, 0.25) is 0 Å². The first-order valence-electron chi connectivity index (χ1n) is 4.98. The molecule has 0 spiro atoms. The molecule has 1 aromatic carbocycles. The number of aromatic hydroxyl groups is 1. The Morgan fingerprint density at radius 3 is 2.64 bits per heavy atom. The Kier molecular flexibility index (Phi) is 2.89. The summed E-state index contributed by atoms with van der Waals surface area (Å²) in [4.78, 5) is 0. The molecule has 0 atom stereocenters. The predicted octanol–water partition coefficient (Wildman–Crippen LogP) is 1.98. The highest BCUT2D eigenvalue weighted by Gasteiger charge is 2.14. The van der Waals surface area contributed by atoms with Gasteiger partial charge in [-0.05, 0) is 25.0 Å². The Bertz CT molecular complexity index is 295. The molecule has 2 N–H and O–H groups in total. The van der Waals surface area contributed by atoms with E-state index in [4.69, 9.17) is 4.74 Å². The number of ether oxygens (including phenoxy) is 1. The minimum atomic E-state index is 0.319. The number of hydrogen-bond donors (Lipinski definition) is 2. The summed E-state index contributed by atoms with van der Waals surface area (Å²) in [5.41, 5.74) is 0.819. The van der Waals surface area contributed by atoms with Gasteiger partial charge in [-0.25, -0.2) is 0 Å². The smallest absolute Gasteiger partial charge is 0.138 e. The van der Waals surface area contributed by atoms with Crippen LogP contribution >= 0.6 is 0 Å². The molecule has 3 heteroatoms. The first-order valence-corrected chi connectivity index (χ1v) is 4.98. The van der Waals surface area contributed by atoms with Crippen molar-refractivity contribution in [1.82, 2.24) is 0 Å². The summed E-state index contributed by atoms with van der Waals surface area (Å²) in [5.74, 6) is 0.319. The maximum atomic E-state index is 9.55. The van der Waals surface area contributed by atoms with Crippen LogP contribution in [0.25, 0.3) is 0 Å². The van der Waals surface area contributed by atoms with Crippen LogP contribution in [0.1, 0.15) is 12.8 Å². The number of benzene rings is 1. The largest absolute Gasteiger partial charge is 0.506 e. The molecule has 0 aromatic heterocycles. The van der Waals surface area contributed by atoms with Crippen molar-refractivity contribution in [3.8, 4) is 5.75 Å². The van der Waals surface area contributed by atoms with E-state index in [2.05, 4.69) is 5.32 Å². The van der Waals surface area contributed by atoms with E-state index >= 15 is 0 Å². The molecule has 0 aliphatic carbocycles. The maximum absolute atomic E-state index is 9.55. The van der Waals surface area contributed by atoms with Crippen LogP contribution in [0, 0.1) is 0 Å². The standard InChI is InChI=1S/C11H15NO2/c13-11-4-2-1-3-10(11)12-9-5-7-14-8-6-9/h1-4,9,12-13H,5-8H2. The van der Waals surface area contributed by atoms with Gasteiger partial charge in [-0.15, -0.1) is 0 Å². The van der Waals surface area contributed by atoms with Gasteiger partial charge in [0.25, 0.3) is 0 Å². The van der Waals surface area contributed by atoms with E-state index in [1.54, 1.807) is 6.07 Å². The minimum Gasteiger partial charge on any atom is -0.506 e. The van der Waals surface area contributed by atoms with Crippen molar-refractivity contribution in [3.63, 3.8) is 0 Å². The van der Waals surface area contributed by atoms with E-state index in [9.17, 15) is 5.11 Å². The summed E-state index contributed by atoms with van der Waals surface area (Å²) in [7, 11) is 0. The average molecular weight is 193 g/mol. The number of phenols is 1. The Hall–Kier alpha value is -1.22. The molecule has 3 nitrogen and oxygen atoms in total. The molecule has 0 unspecified atom stereocenters. The highest BCUT2D eigenvalue weighted by atomic mass is 16.5. The molecule has 1 fully saturated rings. The molecule has 1 aliphatic heterocycles. The van der Waals surface area contributed by atoms with E-state index in [1.165, 1.54) is 0 Å². The molecule has 1 heterocycles. The number of hydrogen-bond acceptors (Lipinski definition) is 3. The van der Waals surface area contributed by atoms with Crippen LogP contribution in [-0.4, -0.2) is 24.4 Å². The van der Waals surface area contributed by atoms with Gasteiger partial charge in [-0.3, -0.25) is 0 Å². The van der Waals surface area contributed by atoms with Crippen LogP contribution in [-0.2, 0) is 4.74 Å². The lowest BCUT2D eigenvalue weighted by molar-refractivity contribution is 0.0904. The fourth-order valence-corrected chi connectivity index (χ4v) is 1.66. The third-order valence-electron chi connectivity index (χ3n) is 2.48. The van der Waals surface area contributed by atoms with E-state index in [-0.39, 0.29) is 0 Å². The molecular weight excluding hydrogens is 178 g/mol. The molecule has 14 heavy (non-hydrogen) atoms. The van der Waals surface area contributed by atoms with Crippen LogP contribution in [0.3, 0.4) is 0 Å². The summed E-state index contributed by atoms with van der Waals surface area (Å²) in [5, 5.41) is 12.9.